The van der Waals surface area contributed by atoms with Gasteiger partial charge in [-0.05, 0) is 53.8 Å². The van der Waals surface area contributed by atoms with Crippen molar-refractivity contribution in [3.8, 4) is 11.6 Å². The van der Waals surface area contributed by atoms with Crippen LogP contribution in [-0.2, 0) is 38.8 Å². The number of thiophene rings is 1. The number of aromatic amines is 1. The fourth-order valence-corrected chi connectivity index (χ4v) is 8.52. The number of carbonyl (C=O) groups is 3. The lowest BCUT2D eigenvalue weighted by atomic mass is 10.0. The van der Waals surface area contributed by atoms with E-state index in [0.717, 1.165) is 17.7 Å². The van der Waals surface area contributed by atoms with Gasteiger partial charge >= 0.3 is 0 Å². The summed E-state index contributed by atoms with van der Waals surface area (Å²) >= 11 is 14.1. The van der Waals surface area contributed by atoms with Crippen LogP contribution in [0.2, 0.25) is 5.02 Å². The van der Waals surface area contributed by atoms with Crippen LogP contribution in [0.4, 0.5) is 20.2 Å². The fraction of sp³-hybridized carbons (Fsp3) is 0.213. The highest BCUT2D eigenvalue weighted by molar-refractivity contribution is 7.10. The summed E-state index contributed by atoms with van der Waals surface area (Å²) < 4.78 is 35.6. The number of benzene rings is 4. The number of fused-ring (bicyclic) bond motifs is 2. The minimum Gasteiger partial charge on any atom is -0.494 e. The number of alkyl halides is 1. The fourth-order valence-electron chi connectivity index (χ4n) is 7.35. The molecule has 8 rings (SSSR count). The van der Waals surface area contributed by atoms with Crippen molar-refractivity contribution in [2.75, 3.05) is 30.5 Å². The molecule has 0 spiro atoms. The van der Waals surface area contributed by atoms with Crippen molar-refractivity contribution in [1.29, 1.82) is 0 Å². The van der Waals surface area contributed by atoms with Crippen molar-refractivity contribution in [1.82, 2.24) is 30.6 Å². The van der Waals surface area contributed by atoms with E-state index < -0.39 is 23.6 Å². The average Bonchev–Trinajstić information content (AvgIpc) is 4.15. The number of anilines is 1. The van der Waals surface area contributed by atoms with Gasteiger partial charge in [0.05, 0.1) is 34.5 Å². The van der Waals surface area contributed by atoms with Gasteiger partial charge in [-0.1, -0.05) is 76.6 Å². The second-order valence-corrected chi connectivity index (χ2v) is 16.7. The Hall–Kier alpha value is -7.15. The van der Waals surface area contributed by atoms with Gasteiger partial charge in [0.2, 0.25) is 17.7 Å². The number of ether oxygens (including phenoxy) is 1. The van der Waals surface area contributed by atoms with Crippen LogP contribution < -0.4 is 20.3 Å². The molecule has 4 aromatic carbocycles. The standard InChI is InChI=1S/C47H41Cl2F2N9O6S/c48-25-41(62)60(45(39-12-6-21-67-39)47(64)53-18-15-28-8-2-1-3-9-28)30-13-14-38(33(49)22-30)65-27-29-26-59(58-56-29)19-16-40(61)52-17-7-20-66-57-43-31-10-4-5-11-36(31)54-44(43)42-32-23-34(50)35(51)24-37(32)55-46(42)63/h1-6,8-14,21-24,26,45,55,63H,7,15-20,25,27H2,(H,52,61)(H,53,64)/b57-43+. The second kappa shape index (κ2) is 21.4. The van der Waals surface area contributed by atoms with E-state index in [2.05, 4.69) is 36.1 Å². The van der Waals surface area contributed by atoms with Crippen LogP contribution in [0.25, 0.3) is 10.9 Å². The van der Waals surface area contributed by atoms with Crippen molar-refractivity contribution < 1.29 is 37.8 Å². The molecule has 0 radical (unpaired) electrons. The molecule has 4 N–H and O–H groups in total. The first-order chi connectivity index (χ1) is 32.6. The first-order valence-corrected chi connectivity index (χ1v) is 22.8. The molecule has 3 aromatic heterocycles. The smallest absolute Gasteiger partial charge is 0.248 e. The van der Waals surface area contributed by atoms with Gasteiger partial charge in [-0.3, -0.25) is 24.0 Å². The zero-order chi connectivity index (χ0) is 46.9. The summed E-state index contributed by atoms with van der Waals surface area (Å²) in [6.07, 6.45) is 2.79. The van der Waals surface area contributed by atoms with E-state index in [9.17, 15) is 28.3 Å². The SMILES string of the molecule is O=C(CCn1cc(COc2ccc(N(C(=O)CCl)C(C(=O)NCCc3ccccc3)c3cccs3)cc2Cl)nn1)NCCCO/N=C1/C(c2c(O)[nH]c3cc(F)c(F)cc23)=Nc2ccccc21. The Balaban J connectivity index is 0.807. The lowest BCUT2D eigenvalue weighted by molar-refractivity contribution is -0.125. The van der Waals surface area contributed by atoms with Gasteiger partial charge < -0.3 is 30.3 Å². The molecule has 0 aliphatic carbocycles. The molecule has 15 nitrogen and oxygen atoms in total. The van der Waals surface area contributed by atoms with E-state index in [4.69, 9.17) is 32.8 Å². The molecule has 1 unspecified atom stereocenters. The molecule has 67 heavy (non-hydrogen) atoms. The molecular weight excluding hydrogens is 928 g/mol. The van der Waals surface area contributed by atoms with Gasteiger partial charge in [0.1, 0.15) is 48.0 Å². The predicted molar refractivity (Wildman–Crippen MR) is 251 cm³/mol. The molecule has 1 atom stereocenters. The van der Waals surface area contributed by atoms with Gasteiger partial charge in [0.15, 0.2) is 17.5 Å². The summed E-state index contributed by atoms with van der Waals surface area (Å²) in [5.74, 6) is -3.60. The number of hydrogen-bond donors (Lipinski definition) is 4. The Morgan fingerprint density at radius 1 is 0.970 bits per heavy atom. The van der Waals surface area contributed by atoms with Gasteiger partial charge in [-0.25, -0.2) is 13.8 Å². The van der Waals surface area contributed by atoms with E-state index in [1.54, 1.807) is 54.7 Å². The van der Waals surface area contributed by atoms with Gasteiger partial charge in [0.25, 0.3) is 0 Å². The van der Waals surface area contributed by atoms with Gasteiger partial charge in [0, 0.05) is 53.5 Å². The molecule has 0 saturated carbocycles. The number of hydrogen-bond acceptors (Lipinski definition) is 11. The predicted octanol–water partition coefficient (Wildman–Crippen LogP) is 8.16. The van der Waals surface area contributed by atoms with Crippen LogP contribution in [0.1, 0.15) is 46.1 Å². The summed E-state index contributed by atoms with van der Waals surface area (Å²) in [4.78, 5) is 54.6. The van der Waals surface area contributed by atoms with Crippen LogP contribution >= 0.6 is 34.5 Å². The number of halogens is 4. The van der Waals surface area contributed by atoms with Crippen molar-refractivity contribution in [2.24, 2.45) is 10.1 Å². The Labute approximate surface area is 396 Å². The molecule has 20 heteroatoms. The highest BCUT2D eigenvalue weighted by atomic mass is 35.5. The lowest BCUT2D eigenvalue weighted by Gasteiger charge is -2.30. The zero-order valence-corrected chi connectivity index (χ0v) is 37.8. The van der Waals surface area contributed by atoms with Crippen molar-refractivity contribution in [3.05, 3.63) is 153 Å². The number of aromatic hydroxyl groups is 1. The largest absolute Gasteiger partial charge is 0.494 e. The number of carbonyl (C=O) groups excluding carboxylic acids is 3. The molecule has 1 aliphatic rings. The number of aliphatic imine (C=N–C) groups is 1. The highest BCUT2D eigenvalue weighted by Crippen LogP contribution is 2.38. The zero-order valence-electron chi connectivity index (χ0n) is 35.4. The number of aromatic nitrogens is 4. The lowest BCUT2D eigenvalue weighted by Crippen LogP contribution is -2.44. The number of oxime groups is 1. The Morgan fingerprint density at radius 2 is 1.78 bits per heavy atom. The molecule has 1 aliphatic heterocycles. The van der Waals surface area contributed by atoms with E-state index in [-0.39, 0.29) is 77.0 Å². The molecule has 4 heterocycles. The Kier molecular flexibility index (Phi) is 14.8. The molecule has 3 amide bonds. The number of H-pyrrole nitrogens is 1. The monoisotopic (exact) mass is 967 g/mol. The van der Waals surface area contributed by atoms with E-state index >= 15 is 0 Å². The summed E-state index contributed by atoms with van der Waals surface area (Å²) in [7, 11) is 0. The average molecular weight is 969 g/mol. The number of nitrogens with zero attached hydrogens (tertiary/aromatic N) is 6. The maximum absolute atomic E-state index is 14.2. The first kappa shape index (κ1) is 46.4. The van der Waals surface area contributed by atoms with Gasteiger partial charge in [-0.15, -0.1) is 28.0 Å². The molecule has 0 saturated heterocycles. The summed E-state index contributed by atoms with van der Waals surface area (Å²) in [6, 6.07) is 26.2. The third-order valence-electron chi connectivity index (χ3n) is 10.5. The topological polar surface area (TPSA) is 188 Å². The molecular formula is C47H41Cl2F2N9O6S. The van der Waals surface area contributed by atoms with Crippen LogP contribution in [0, 0.1) is 11.6 Å². The van der Waals surface area contributed by atoms with Crippen molar-refractivity contribution >= 4 is 86.0 Å². The van der Waals surface area contributed by atoms with Crippen LogP contribution in [-0.4, -0.2) is 79.8 Å². The minimum absolute atomic E-state index is 0.00182. The Morgan fingerprint density at radius 3 is 2.57 bits per heavy atom. The highest BCUT2D eigenvalue weighted by Gasteiger charge is 2.34. The summed E-state index contributed by atoms with van der Waals surface area (Å²) in [6.45, 7) is 1.03. The second-order valence-electron chi connectivity index (χ2n) is 15.1. The number of para-hydroxylation sites is 1. The third-order valence-corrected chi connectivity index (χ3v) is 12.0. The van der Waals surface area contributed by atoms with Crippen molar-refractivity contribution in [2.45, 2.75) is 38.5 Å². The third kappa shape index (κ3) is 10.9. The number of amides is 3. The summed E-state index contributed by atoms with van der Waals surface area (Å²) in [5, 5.41) is 31.3. The van der Waals surface area contributed by atoms with Crippen molar-refractivity contribution in [3.63, 3.8) is 0 Å². The maximum Gasteiger partial charge on any atom is 0.248 e. The number of rotatable bonds is 20. The first-order valence-electron chi connectivity index (χ1n) is 21.0. The molecule has 344 valence electrons. The number of nitrogens with one attached hydrogen (secondary N) is 3. The molecule has 0 bridgehead atoms. The minimum atomic E-state index is -1.07. The van der Waals surface area contributed by atoms with E-state index in [1.807, 2.05) is 41.8 Å². The van der Waals surface area contributed by atoms with E-state index in [1.165, 1.54) is 20.9 Å². The van der Waals surface area contributed by atoms with E-state index in [0.29, 0.717) is 64.9 Å². The molecule has 7 aromatic rings. The van der Waals surface area contributed by atoms with Gasteiger partial charge in [-0.2, -0.15) is 0 Å². The van der Waals surface area contributed by atoms with Crippen LogP contribution in [0.3, 0.4) is 0 Å². The maximum atomic E-state index is 14.2. The normalized spacial score (nSPS) is 13.0. The molecule has 0 fully saturated rings. The van der Waals surface area contributed by atoms with Crippen LogP contribution in [0.5, 0.6) is 11.6 Å². The van der Waals surface area contributed by atoms with Crippen LogP contribution in [0.15, 0.2) is 119 Å². The quantitative estimate of drug-likeness (QED) is 0.0335. The Bertz CT molecular complexity index is 2970. The number of aryl methyl sites for hydroxylation is 1. The summed E-state index contributed by atoms with van der Waals surface area (Å²) in [5.41, 5.74) is 3.97.